The molecular formula is C17H21ClN2O3. The number of amides is 1. The van der Waals surface area contributed by atoms with Gasteiger partial charge in [-0.2, -0.15) is 0 Å². The third-order valence-corrected chi connectivity index (χ3v) is 4.54. The highest BCUT2D eigenvalue weighted by molar-refractivity contribution is 5.99. The zero-order valence-corrected chi connectivity index (χ0v) is 14.1. The second-order valence-corrected chi connectivity index (χ2v) is 6.03. The number of halogens is 1. The molecule has 0 radical (unpaired) electrons. The van der Waals surface area contributed by atoms with E-state index in [0.29, 0.717) is 30.2 Å². The van der Waals surface area contributed by atoms with E-state index in [9.17, 15) is 9.59 Å². The molecule has 0 aliphatic carbocycles. The normalized spacial score (nSPS) is 20.6. The van der Waals surface area contributed by atoms with Crippen LogP contribution in [0.4, 0.5) is 0 Å². The molecule has 1 aliphatic heterocycles. The van der Waals surface area contributed by atoms with Gasteiger partial charge in [-0.25, -0.2) is 4.79 Å². The van der Waals surface area contributed by atoms with E-state index < -0.39 is 5.63 Å². The quantitative estimate of drug-likeness (QED) is 0.854. The zero-order valence-electron chi connectivity index (χ0n) is 13.2. The molecular weight excluding hydrogens is 316 g/mol. The van der Waals surface area contributed by atoms with Crippen molar-refractivity contribution < 1.29 is 9.21 Å². The van der Waals surface area contributed by atoms with Gasteiger partial charge in [0.1, 0.15) is 11.1 Å². The number of hydrogen-bond acceptors (Lipinski definition) is 4. The summed E-state index contributed by atoms with van der Waals surface area (Å²) in [6.07, 6.45) is 0.875. The van der Waals surface area contributed by atoms with E-state index in [2.05, 4.69) is 0 Å². The topological polar surface area (TPSA) is 76.5 Å². The lowest BCUT2D eigenvalue weighted by atomic mass is 10.0. The van der Waals surface area contributed by atoms with E-state index in [0.717, 1.165) is 11.8 Å². The molecule has 124 valence electrons. The van der Waals surface area contributed by atoms with E-state index >= 15 is 0 Å². The Morgan fingerprint density at radius 2 is 2.09 bits per heavy atom. The molecule has 0 bridgehead atoms. The van der Waals surface area contributed by atoms with Gasteiger partial charge in [0.15, 0.2) is 0 Å². The number of benzene rings is 1. The van der Waals surface area contributed by atoms with Crippen LogP contribution in [-0.2, 0) is 0 Å². The predicted octanol–water partition coefficient (Wildman–Crippen LogP) is 2.33. The Labute approximate surface area is 140 Å². The van der Waals surface area contributed by atoms with Crippen LogP contribution in [0.1, 0.15) is 29.3 Å². The number of para-hydroxylation sites is 1. The van der Waals surface area contributed by atoms with E-state index in [4.69, 9.17) is 10.2 Å². The number of hydrogen-bond donors (Lipinski definition) is 1. The second kappa shape index (κ2) is 6.72. The lowest BCUT2D eigenvalue weighted by Gasteiger charge is -2.22. The summed E-state index contributed by atoms with van der Waals surface area (Å²) in [4.78, 5) is 26.8. The summed E-state index contributed by atoms with van der Waals surface area (Å²) in [5.41, 5.74) is 6.48. The zero-order chi connectivity index (χ0) is 15.9. The highest BCUT2D eigenvalue weighted by Gasteiger charge is 2.34. The monoisotopic (exact) mass is 336 g/mol. The van der Waals surface area contributed by atoms with Crippen LogP contribution in [0.25, 0.3) is 11.0 Å². The first-order chi connectivity index (χ1) is 10.5. The molecule has 2 N–H and O–H groups in total. The molecule has 1 fully saturated rings. The van der Waals surface area contributed by atoms with Crippen LogP contribution >= 0.6 is 12.4 Å². The smallest absolute Gasteiger partial charge is 0.349 e. The van der Waals surface area contributed by atoms with Crippen LogP contribution in [0.5, 0.6) is 0 Å². The van der Waals surface area contributed by atoms with Crippen molar-refractivity contribution in [3.05, 3.63) is 45.8 Å². The summed E-state index contributed by atoms with van der Waals surface area (Å²) in [5, 5.41) is 0.799. The van der Waals surface area contributed by atoms with Crippen LogP contribution in [0, 0.1) is 12.8 Å². The van der Waals surface area contributed by atoms with Gasteiger partial charge in [0.05, 0.1) is 0 Å². The number of rotatable bonds is 2. The minimum absolute atomic E-state index is 0. The third-order valence-electron chi connectivity index (χ3n) is 4.54. The van der Waals surface area contributed by atoms with Crippen molar-refractivity contribution in [2.45, 2.75) is 26.3 Å². The van der Waals surface area contributed by atoms with Gasteiger partial charge in [-0.1, -0.05) is 18.2 Å². The van der Waals surface area contributed by atoms with Gasteiger partial charge in [0, 0.05) is 18.0 Å². The Bertz CT molecular complexity index is 787. The summed E-state index contributed by atoms with van der Waals surface area (Å²) in [6.45, 7) is 4.95. The molecule has 23 heavy (non-hydrogen) atoms. The van der Waals surface area contributed by atoms with E-state index in [1.165, 1.54) is 0 Å². The fourth-order valence-corrected chi connectivity index (χ4v) is 3.29. The molecule has 6 heteroatoms. The number of nitrogens with zero attached hydrogens (tertiary/aromatic N) is 1. The number of carbonyl (C=O) groups excluding carboxylic acids is 1. The van der Waals surface area contributed by atoms with Crippen molar-refractivity contribution in [1.82, 2.24) is 4.90 Å². The van der Waals surface area contributed by atoms with Crippen molar-refractivity contribution >= 4 is 29.3 Å². The van der Waals surface area contributed by atoms with Crippen molar-refractivity contribution in [1.29, 1.82) is 0 Å². The summed E-state index contributed by atoms with van der Waals surface area (Å²) >= 11 is 0. The summed E-state index contributed by atoms with van der Waals surface area (Å²) in [7, 11) is 0. The maximum Gasteiger partial charge on any atom is 0.349 e. The minimum Gasteiger partial charge on any atom is -0.422 e. The van der Waals surface area contributed by atoms with Crippen molar-refractivity contribution in [3.8, 4) is 0 Å². The molecule has 5 nitrogen and oxygen atoms in total. The van der Waals surface area contributed by atoms with E-state index in [1.807, 2.05) is 19.1 Å². The van der Waals surface area contributed by atoms with Gasteiger partial charge in [-0.05, 0) is 44.4 Å². The Hall–Kier alpha value is -1.85. The standard InChI is InChI=1S/C17H20N2O3.ClH/c1-10-7-12(8-18)9-19(10)16(20)15-11(2)13-5-3-4-6-14(13)22-17(15)21;/h3-6,10,12H,7-9,18H2,1-2H3;1H. The average molecular weight is 337 g/mol. The van der Waals surface area contributed by atoms with Gasteiger partial charge >= 0.3 is 5.63 Å². The molecule has 1 saturated heterocycles. The first-order valence-corrected chi connectivity index (χ1v) is 7.56. The summed E-state index contributed by atoms with van der Waals surface area (Å²) in [5.74, 6) is 0.0483. The first-order valence-electron chi connectivity index (χ1n) is 7.56. The van der Waals surface area contributed by atoms with Crippen LogP contribution in [0.15, 0.2) is 33.5 Å². The number of aryl methyl sites for hydroxylation is 1. The van der Waals surface area contributed by atoms with Gasteiger partial charge in [-0.3, -0.25) is 4.79 Å². The number of likely N-dealkylation sites (tertiary alicyclic amines) is 1. The lowest BCUT2D eigenvalue weighted by molar-refractivity contribution is 0.0738. The summed E-state index contributed by atoms with van der Waals surface area (Å²) < 4.78 is 5.31. The molecule has 2 heterocycles. The number of nitrogens with two attached hydrogens (primary N) is 1. The number of fused-ring (bicyclic) bond motifs is 1. The van der Waals surface area contributed by atoms with Crippen molar-refractivity contribution in [2.75, 3.05) is 13.1 Å². The molecule has 1 aromatic heterocycles. The maximum absolute atomic E-state index is 12.8. The van der Waals surface area contributed by atoms with Crippen LogP contribution in [-0.4, -0.2) is 29.9 Å². The van der Waals surface area contributed by atoms with Crippen molar-refractivity contribution in [3.63, 3.8) is 0 Å². The predicted molar refractivity (Wildman–Crippen MR) is 92.1 cm³/mol. The van der Waals surface area contributed by atoms with Gasteiger partial charge in [-0.15, -0.1) is 12.4 Å². The summed E-state index contributed by atoms with van der Waals surface area (Å²) in [6, 6.07) is 7.36. The molecule has 0 saturated carbocycles. The fourth-order valence-electron chi connectivity index (χ4n) is 3.29. The van der Waals surface area contributed by atoms with E-state index in [-0.39, 0.29) is 29.9 Å². The average Bonchev–Trinajstić information content (AvgIpc) is 2.88. The van der Waals surface area contributed by atoms with Gasteiger partial charge in [0.25, 0.3) is 5.91 Å². The van der Waals surface area contributed by atoms with Gasteiger partial charge in [0.2, 0.25) is 0 Å². The Morgan fingerprint density at radius 3 is 2.74 bits per heavy atom. The van der Waals surface area contributed by atoms with Gasteiger partial charge < -0.3 is 15.1 Å². The molecule has 2 unspecified atom stereocenters. The van der Waals surface area contributed by atoms with Crippen LogP contribution in [0.2, 0.25) is 0 Å². The maximum atomic E-state index is 12.8. The fraction of sp³-hybridized carbons (Fsp3) is 0.412. The van der Waals surface area contributed by atoms with Crippen LogP contribution in [0.3, 0.4) is 0 Å². The second-order valence-electron chi connectivity index (χ2n) is 6.03. The van der Waals surface area contributed by atoms with Crippen molar-refractivity contribution in [2.24, 2.45) is 11.7 Å². The molecule has 1 aromatic carbocycles. The largest absolute Gasteiger partial charge is 0.422 e. The minimum atomic E-state index is -0.565. The Balaban J connectivity index is 0.00000192. The molecule has 0 spiro atoms. The van der Waals surface area contributed by atoms with E-state index in [1.54, 1.807) is 24.0 Å². The third kappa shape index (κ3) is 2.99. The van der Waals surface area contributed by atoms with Crippen LogP contribution < -0.4 is 11.4 Å². The SMILES string of the molecule is Cc1c(C(=O)N2CC(CN)CC2C)c(=O)oc2ccccc12.Cl. The highest BCUT2D eigenvalue weighted by atomic mass is 35.5. The molecule has 1 aliphatic rings. The Morgan fingerprint density at radius 1 is 1.39 bits per heavy atom. The lowest BCUT2D eigenvalue weighted by Crippen LogP contribution is -2.37. The molecule has 2 aromatic rings. The highest BCUT2D eigenvalue weighted by Crippen LogP contribution is 2.26. The molecule has 2 atom stereocenters. The number of carbonyl (C=O) groups is 1. The first kappa shape index (κ1) is 17.5. The molecule has 1 amide bonds. The Kier molecular flexibility index (Phi) is 5.12. The molecule has 3 rings (SSSR count).